The Morgan fingerprint density at radius 1 is 1.17 bits per heavy atom. The summed E-state index contributed by atoms with van der Waals surface area (Å²) in [6.45, 7) is 1.72. The van der Waals surface area contributed by atoms with Crippen LogP contribution in [0.5, 0.6) is 5.75 Å². The number of imidazole rings is 1. The van der Waals surface area contributed by atoms with E-state index in [2.05, 4.69) is 14.9 Å². The Labute approximate surface area is 141 Å². The lowest BCUT2D eigenvalue weighted by molar-refractivity contribution is -0.123. The van der Waals surface area contributed by atoms with Crippen LogP contribution in [0.25, 0.3) is 0 Å². The molecular weight excluding hydrogens is 314 g/mol. The van der Waals surface area contributed by atoms with E-state index in [1.807, 2.05) is 12.5 Å². The van der Waals surface area contributed by atoms with Gasteiger partial charge in [0.25, 0.3) is 5.91 Å². The third kappa shape index (κ3) is 7.19. The largest absolute Gasteiger partial charge is 0.484 e. The molecule has 1 aromatic carbocycles. The Bertz CT molecular complexity index is 570. The van der Waals surface area contributed by atoms with Crippen LogP contribution in [0.15, 0.2) is 43.0 Å². The number of halogens is 1. The van der Waals surface area contributed by atoms with Gasteiger partial charge in [0.05, 0.1) is 6.33 Å². The number of ether oxygens (including phenoxy) is 1. The van der Waals surface area contributed by atoms with Crippen LogP contribution < -0.4 is 10.1 Å². The van der Waals surface area contributed by atoms with Crippen LogP contribution in [-0.4, -0.2) is 28.6 Å². The van der Waals surface area contributed by atoms with Gasteiger partial charge in [-0.3, -0.25) is 4.79 Å². The van der Waals surface area contributed by atoms with Gasteiger partial charge < -0.3 is 14.6 Å². The number of aryl methyl sites for hydroxylation is 1. The van der Waals surface area contributed by atoms with Crippen molar-refractivity contribution in [1.82, 2.24) is 14.9 Å². The Hall–Kier alpha value is -2.01. The molecule has 23 heavy (non-hydrogen) atoms. The molecule has 0 aliphatic rings. The number of unbranched alkanes of at least 4 members (excludes halogenated alkanes) is 3. The van der Waals surface area contributed by atoms with Gasteiger partial charge in [-0.15, -0.1) is 0 Å². The molecule has 1 heterocycles. The molecule has 0 aliphatic heterocycles. The van der Waals surface area contributed by atoms with Gasteiger partial charge in [0, 0.05) is 30.5 Å². The molecule has 0 bridgehead atoms. The summed E-state index contributed by atoms with van der Waals surface area (Å²) < 4.78 is 7.46. The molecule has 2 rings (SSSR count). The quantitative estimate of drug-likeness (QED) is 0.678. The minimum atomic E-state index is -0.0987. The van der Waals surface area contributed by atoms with Crippen molar-refractivity contribution in [2.75, 3.05) is 13.2 Å². The summed E-state index contributed by atoms with van der Waals surface area (Å²) in [7, 11) is 0. The molecule has 0 fully saturated rings. The maximum Gasteiger partial charge on any atom is 0.257 e. The number of rotatable bonds is 10. The summed E-state index contributed by atoms with van der Waals surface area (Å²) in [5.74, 6) is 0.544. The van der Waals surface area contributed by atoms with Crippen molar-refractivity contribution in [2.45, 2.75) is 32.2 Å². The number of hydrogen-bond acceptors (Lipinski definition) is 3. The molecule has 0 spiro atoms. The first kappa shape index (κ1) is 17.3. The van der Waals surface area contributed by atoms with Gasteiger partial charge in [0.2, 0.25) is 0 Å². The molecule has 1 N–H and O–H groups in total. The molecule has 0 atom stereocenters. The lowest BCUT2D eigenvalue weighted by Gasteiger charge is -2.07. The summed E-state index contributed by atoms with van der Waals surface area (Å²) in [5, 5.41) is 3.51. The number of aromatic nitrogens is 2. The fourth-order valence-electron chi connectivity index (χ4n) is 2.15. The van der Waals surface area contributed by atoms with E-state index in [0.29, 0.717) is 17.3 Å². The second kappa shape index (κ2) is 9.90. The molecule has 1 aromatic heterocycles. The second-order valence-corrected chi connectivity index (χ2v) is 5.74. The smallest absolute Gasteiger partial charge is 0.257 e. The fraction of sp³-hybridized carbons (Fsp3) is 0.412. The first-order chi connectivity index (χ1) is 11.2. The van der Waals surface area contributed by atoms with Crippen LogP contribution in [0.4, 0.5) is 0 Å². The van der Waals surface area contributed by atoms with Gasteiger partial charge in [0.1, 0.15) is 5.75 Å². The van der Waals surface area contributed by atoms with E-state index in [1.165, 1.54) is 0 Å². The number of carbonyl (C=O) groups is 1. The van der Waals surface area contributed by atoms with Crippen molar-refractivity contribution in [3.05, 3.63) is 48.0 Å². The number of hydrogen-bond donors (Lipinski definition) is 1. The van der Waals surface area contributed by atoms with Gasteiger partial charge in [-0.1, -0.05) is 24.4 Å². The molecular formula is C17H22ClN3O2. The summed E-state index contributed by atoms with van der Waals surface area (Å²) in [5.41, 5.74) is 0. The number of nitrogens with one attached hydrogen (secondary N) is 1. The second-order valence-electron chi connectivity index (χ2n) is 5.31. The highest BCUT2D eigenvalue weighted by Crippen LogP contribution is 2.15. The monoisotopic (exact) mass is 335 g/mol. The highest BCUT2D eigenvalue weighted by atomic mass is 35.5. The molecule has 0 saturated carbocycles. The summed E-state index contributed by atoms with van der Waals surface area (Å²) in [6, 6.07) is 6.96. The zero-order valence-corrected chi connectivity index (χ0v) is 13.8. The summed E-state index contributed by atoms with van der Waals surface area (Å²) in [4.78, 5) is 15.7. The predicted molar refractivity (Wildman–Crippen MR) is 90.7 cm³/mol. The zero-order chi connectivity index (χ0) is 16.3. The lowest BCUT2D eigenvalue weighted by Crippen LogP contribution is -2.29. The van der Waals surface area contributed by atoms with Crippen molar-refractivity contribution < 1.29 is 9.53 Å². The molecule has 1 amide bonds. The summed E-state index contributed by atoms with van der Waals surface area (Å²) >= 11 is 5.78. The van der Waals surface area contributed by atoms with Crippen LogP contribution in [-0.2, 0) is 11.3 Å². The zero-order valence-electron chi connectivity index (χ0n) is 13.1. The van der Waals surface area contributed by atoms with E-state index < -0.39 is 0 Å². The first-order valence-electron chi connectivity index (χ1n) is 7.85. The minimum absolute atomic E-state index is 0.0300. The van der Waals surface area contributed by atoms with Crippen molar-refractivity contribution in [3.8, 4) is 5.75 Å². The molecule has 0 unspecified atom stereocenters. The molecule has 124 valence electrons. The van der Waals surface area contributed by atoms with Gasteiger partial charge >= 0.3 is 0 Å². The number of nitrogens with zero attached hydrogens (tertiary/aromatic N) is 2. The number of benzene rings is 1. The number of amides is 1. The standard InChI is InChI=1S/C17H22ClN3O2/c18-15-5-7-16(8-6-15)23-13-17(22)20-9-3-1-2-4-11-21-12-10-19-14-21/h5-8,10,12,14H,1-4,9,11,13H2,(H,20,22). The minimum Gasteiger partial charge on any atom is -0.484 e. The highest BCUT2D eigenvalue weighted by molar-refractivity contribution is 6.30. The van der Waals surface area contributed by atoms with E-state index in [0.717, 1.165) is 32.2 Å². The molecule has 0 radical (unpaired) electrons. The maximum atomic E-state index is 11.7. The van der Waals surface area contributed by atoms with Crippen LogP contribution in [0.1, 0.15) is 25.7 Å². The third-order valence-corrected chi connectivity index (χ3v) is 3.66. The van der Waals surface area contributed by atoms with Gasteiger partial charge in [-0.2, -0.15) is 0 Å². The van der Waals surface area contributed by atoms with Crippen molar-refractivity contribution in [1.29, 1.82) is 0 Å². The Morgan fingerprint density at radius 3 is 2.70 bits per heavy atom. The molecule has 2 aromatic rings. The normalized spacial score (nSPS) is 10.5. The Morgan fingerprint density at radius 2 is 1.96 bits per heavy atom. The molecule has 6 heteroatoms. The average molecular weight is 336 g/mol. The Kier molecular flexibility index (Phi) is 7.46. The fourth-order valence-corrected chi connectivity index (χ4v) is 2.28. The third-order valence-electron chi connectivity index (χ3n) is 3.41. The van der Waals surface area contributed by atoms with Gasteiger partial charge in [0.15, 0.2) is 6.61 Å². The SMILES string of the molecule is O=C(COc1ccc(Cl)cc1)NCCCCCCn1ccnc1. The van der Waals surface area contributed by atoms with Crippen molar-refractivity contribution in [2.24, 2.45) is 0 Å². The van der Waals surface area contributed by atoms with E-state index in [1.54, 1.807) is 30.5 Å². The Balaban J connectivity index is 1.46. The van der Waals surface area contributed by atoms with Crippen LogP contribution in [0.3, 0.4) is 0 Å². The lowest BCUT2D eigenvalue weighted by atomic mass is 10.2. The van der Waals surface area contributed by atoms with Gasteiger partial charge in [-0.05, 0) is 37.1 Å². The van der Waals surface area contributed by atoms with Crippen LogP contribution >= 0.6 is 11.6 Å². The number of carbonyl (C=O) groups excluding carboxylic acids is 1. The highest BCUT2D eigenvalue weighted by Gasteiger charge is 2.02. The average Bonchev–Trinajstić information content (AvgIpc) is 3.07. The predicted octanol–water partition coefficient (Wildman–Crippen LogP) is 3.29. The van der Waals surface area contributed by atoms with E-state index >= 15 is 0 Å². The summed E-state index contributed by atoms with van der Waals surface area (Å²) in [6.07, 6.45) is 9.96. The van der Waals surface area contributed by atoms with Crippen LogP contribution in [0.2, 0.25) is 5.02 Å². The van der Waals surface area contributed by atoms with E-state index in [-0.39, 0.29) is 12.5 Å². The first-order valence-corrected chi connectivity index (χ1v) is 8.22. The maximum absolute atomic E-state index is 11.7. The van der Waals surface area contributed by atoms with Crippen molar-refractivity contribution >= 4 is 17.5 Å². The van der Waals surface area contributed by atoms with Crippen molar-refractivity contribution in [3.63, 3.8) is 0 Å². The molecule has 5 nitrogen and oxygen atoms in total. The van der Waals surface area contributed by atoms with Gasteiger partial charge in [-0.25, -0.2) is 4.98 Å². The van der Waals surface area contributed by atoms with Crippen LogP contribution in [0, 0.1) is 0 Å². The van der Waals surface area contributed by atoms with E-state index in [4.69, 9.17) is 16.3 Å². The van der Waals surface area contributed by atoms with E-state index in [9.17, 15) is 4.79 Å². The molecule has 0 aliphatic carbocycles. The topological polar surface area (TPSA) is 56.1 Å². The molecule has 0 saturated heterocycles.